The van der Waals surface area contributed by atoms with Crippen molar-refractivity contribution < 1.29 is 0 Å². The van der Waals surface area contributed by atoms with Gasteiger partial charge in [0.25, 0.3) is 0 Å². The van der Waals surface area contributed by atoms with E-state index in [1.54, 1.807) is 0 Å². The molecule has 102 heavy (non-hydrogen) atoms. The average Bonchev–Trinajstić information content (AvgIpc) is 0.755. The molecule has 0 amide bonds. The SMILES string of the molecule is Cc1cc(-c2ccc(N(c3ccc(-c4ccc5c6ccccc6c6ccccc6c5c4)cc3)c3c(C)cccc3-c3ccc(-c4ccccc4)cc3)c(C)c2)ccc1N(c1ccc(-c2ccc3c4ccccc4c4ccccc4c3c2)cc1)c1c(C)cccc1-c1ccc(-c2ccccc2)cc1. The van der Waals surface area contributed by atoms with Gasteiger partial charge in [-0.15, -0.1) is 0 Å². The van der Waals surface area contributed by atoms with Crippen molar-refractivity contribution in [1.82, 2.24) is 0 Å². The van der Waals surface area contributed by atoms with Crippen molar-refractivity contribution in [1.29, 1.82) is 0 Å². The zero-order chi connectivity index (χ0) is 68.4. The first kappa shape index (κ1) is 61.5. The second kappa shape index (κ2) is 25.8. The third kappa shape index (κ3) is 10.9. The minimum absolute atomic E-state index is 1.08. The molecule has 18 aromatic rings. The number of para-hydroxylation sites is 2. The van der Waals surface area contributed by atoms with Crippen molar-refractivity contribution in [3.8, 4) is 77.9 Å². The van der Waals surface area contributed by atoms with Gasteiger partial charge in [-0.25, -0.2) is 0 Å². The largest absolute Gasteiger partial charge is 0.309 e. The third-order valence-electron chi connectivity index (χ3n) is 21.1. The quantitative estimate of drug-likeness (QED) is 0.106. The number of hydrogen-bond acceptors (Lipinski definition) is 2. The average molecular weight is 1300 g/mol. The van der Waals surface area contributed by atoms with Gasteiger partial charge >= 0.3 is 0 Å². The minimum atomic E-state index is 1.08. The molecule has 482 valence electrons. The van der Waals surface area contributed by atoms with E-state index in [9.17, 15) is 0 Å². The molecule has 0 aliphatic rings. The Morgan fingerprint density at radius 1 is 0.157 bits per heavy atom. The van der Waals surface area contributed by atoms with E-state index in [-0.39, 0.29) is 0 Å². The van der Waals surface area contributed by atoms with Gasteiger partial charge in [-0.05, 0) is 242 Å². The molecule has 0 unspecified atom stereocenters. The van der Waals surface area contributed by atoms with Gasteiger partial charge in [-0.2, -0.15) is 0 Å². The molecule has 2 nitrogen and oxygen atoms in total. The first-order chi connectivity index (χ1) is 50.2. The summed E-state index contributed by atoms with van der Waals surface area (Å²) >= 11 is 0. The molecule has 18 rings (SSSR count). The van der Waals surface area contributed by atoms with Gasteiger partial charge in [0, 0.05) is 33.9 Å². The lowest BCUT2D eigenvalue weighted by Gasteiger charge is -2.31. The Morgan fingerprint density at radius 2 is 0.402 bits per heavy atom. The fraction of sp³-hybridized carbons (Fsp3) is 0.0400. The maximum absolute atomic E-state index is 2.49. The number of benzene rings is 18. The van der Waals surface area contributed by atoms with Crippen LogP contribution in [0, 0.1) is 27.7 Å². The number of aryl methyl sites for hydroxylation is 4. The molecule has 18 aromatic carbocycles. The van der Waals surface area contributed by atoms with Crippen molar-refractivity contribution >= 4 is 98.8 Å². The van der Waals surface area contributed by atoms with Crippen LogP contribution in [-0.4, -0.2) is 0 Å². The van der Waals surface area contributed by atoms with E-state index in [4.69, 9.17) is 0 Å². The molecule has 0 atom stereocenters. The highest BCUT2D eigenvalue weighted by Crippen LogP contribution is 2.49. The van der Waals surface area contributed by atoms with Gasteiger partial charge in [0.1, 0.15) is 0 Å². The summed E-state index contributed by atoms with van der Waals surface area (Å²) in [6, 6.07) is 135. The molecule has 2 heteroatoms. The Bertz CT molecular complexity index is 5790. The molecule has 0 aromatic heterocycles. The van der Waals surface area contributed by atoms with E-state index >= 15 is 0 Å². The summed E-state index contributed by atoms with van der Waals surface area (Å²) < 4.78 is 0. The van der Waals surface area contributed by atoms with Crippen LogP contribution in [0.25, 0.3) is 143 Å². The van der Waals surface area contributed by atoms with Gasteiger partial charge in [0.2, 0.25) is 0 Å². The number of nitrogens with zero attached hydrogens (tertiary/aromatic N) is 2. The minimum Gasteiger partial charge on any atom is -0.309 e. The molecule has 0 bridgehead atoms. The lowest BCUT2D eigenvalue weighted by molar-refractivity contribution is 1.22. The van der Waals surface area contributed by atoms with Crippen LogP contribution in [-0.2, 0) is 0 Å². The highest BCUT2D eigenvalue weighted by molar-refractivity contribution is 6.27. The first-order valence-electron chi connectivity index (χ1n) is 35.4. The molecule has 0 fully saturated rings. The van der Waals surface area contributed by atoms with E-state index < -0.39 is 0 Å². The Hall–Kier alpha value is -12.9. The van der Waals surface area contributed by atoms with Crippen molar-refractivity contribution in [2.75, 3.05) is 9.80 Å². The van der Waals surface area contributed by atoms with Gasteiger partial charge in [-0.3, -0.25) is 0 Å². The Labute approximate surface area is 596 Å². The normalized spacial score (nSPS) is 11.5. The van der Waals surface area contributed by atoms with Crippen molar-refractivity contribution in [3.05, 3.63) is 386 Å². The van der Waals surface area contributed by atoms with Crippen LogP contribution in [0.1, 0.15) is 22.3 Å². The van der Waals surface area contributed by atoms with Gasteiger partial charge in [0.15, 0.2) is 0 Å². The number of fused-ring (bicyclic) bond motifs is 12. The molecule has 0 saturated carbocycles. The Balaban J connectivity index is 0.736. The predicted molar refractivity (Wildman–Crippen MR) is 438 cm³/mol. The van der Waals surface area contributed by atoms with Crippen LogP contribution >= 0.6 is 0 Å². The van der Waals surface area contributed by atoms with Crippen molar-refractivity contribution in [3.63, 3.8) is 0 Å². The van der Waals surface area contributed by atoms with E-state index in [0.717, 1.165) is 67.5 Å². The smallest absolute Gasteiger partial charge is 0.0569 e. The molecular weight excluding hydrogens is 1230 g/mol. The van der Waals surface area contributed by atoms with E-state index in [2.05, 4.69) is 401 Å². The summed E-state index contributed by atoms with van der Waals surface area (Å²) in [6.45, 7) is 9.05. The fourth-order valence-electron chi connectivity index (χ4n) is 16.1. The summed E-state index contributed by atoms with van der Waals surface area (Å²) in [5.41, 5.74) is 27.8. The number of rotatable bonds is 13. The van der Waals surface area contributed by atoms with Crippen LogP contribution < -0.4 is 9.80 Å². The zero-order valence-corrected chi connectivity index (χ0v) is 57.5. The molecule has 0 heterocycles. The summed E-state index contributed by atoms with van der Waals surface area (Å²) in [6.07, 6.45) is 0. The molecule has 0 N–H and O–H groups in total. The van der Waals surface area contributed by atoms with Gasteiger partial charge in [0.05, 0.1) is 11.4 Å². The van der Waals surface area contributed by atoms with Crippen LogP contribution in [0.2, 0.25) is 0 Å². The third-order valence-corrected chi connectivity index (χ3v) is 21.1. The summed E-state index contributed by atoms with van der Waals surface area (Å²) in [7, 11) is 0. The van der Waals surface area contributed by atoms with Crippen LogP contribution in [0.15, 0.2) is 364 Å². The predicted octanol–water partition coefficient (Wildman–Crippen LogP) is 28.4. The van der Waals surface area contributed by atoms with Gasteiger partial charge < -0.3 is 9.80 Å². The molecule has 0 spiro atoms. The maximum Gasteiger partial charge on any atom is 0.0569 e. The van der Waals surface area contributed by atoms with Crippen molar-refractivity contribution in [2.45, 2.75) is 27.7 Å². The van der Waals surface area contributed by atoms with Crippen LogP contribution in [0.3, 0.4) is 0 Å². The maximum atomic E-state index is 2.49. The molecule has 0 saturated heterocycles. The summed E-state index contributed by atoms with van der Waals surface area (Å²) in [5, 5.41) is 15.3. The van der Waals surface area contributed by atoms with Gasteiger partial charge in [-0.1, -0.05) is 303 Å². The highest BCUT2D eigenvalue weighted by atomic mass is 15.2. The molecule has 0 radical (unpaired) electrons. The Morgan fingerprint density at radius 3 is 0.735 bits per heavy atom. The summed E-state index contributed by atoms with van der Waals surface area (Å²) in [5.74, 6) is 0. The lowest BCUT2D eigenvalue weighted by Crippen LogP contribution is -2.14. The number of hydrogen-bond donors (Lipinski definition) is 0. The monoisotopic (exact) mass is 1300 g/mol. The van der Waals surface area contributed by atoms with Crippen LogP contribution in [0.5, 0.6) is 0 Å². The fourth-order valence-corrected chi connectivity index (χ4v) is 16.1. The molecule has 0 aliphatic heterocycles. The summed E-state index contributed by atoms with van der Waals surface area (Å²) in [4.78, 5) is 4.99. The first-order valence-corrected chi connectivity index (χ1v) is 35.4. The molecular formula is C100H72N2. The molecule has 0 aliphatic carbocycles. The van der Waals surface area contributed by atoms with E-state index in [0.29, 0.717) is 0 Å². The van der Waals surface area contributed by atoms with E-state index in [1.807, 2.05) is 0 Å². The van der Waals surface area contributed by atoms with Crippen molar-refractivity contribution in [2.24, 2.45) is 0 Å². The van der Waals surface area contributed by atoms with E-state index in [1.165, 1.54) is 131 Å². The lowest BCUT2D eigenvalue weighted by atomic mass is 9.92. The zero-order valence-electron chi connectivity index (χ0n) is 57.5. The number of anilines is 6. The van der Waals surface area contributed by atoms with Crippen LogP contribution in [0.4, 0.5) is 34.1 Å². The Kier molecular flexibility index (Phi) is 15.5. The second-order valence-electron chi connectivity index (χ2n) is 27.3. The highest BCUT2D eigenvalue weighted by Gasteiger charge is 2.25. The topological polar surface area (TPSA) is 6.48 Å². The second-order valence-corrected chi connectivity index (χ2v) is 27.3. The standard InChI is InChI=1S/C100H72N2/c1-65-21-19-35-83(75-41-37-71(38-42-75)69-23-7-5-8-24-69)99(65)101(81-53-45-73(46-54-81)79-49-57-93-89-31-13-11-27-85(89)87-29-15-17-33-91(87)95(93)63-79)97-59-51-77(61-67(97)3)78-52-60-98(68(4)62-78)102(100-66(2)22-20-36-84(100)76-43-39-72(40-44-76)70-25-9-6-10-26-70)82-55-47-74(48-56-82)80-50-58-94-90-32-14-12-28-86(90)88-30-16-18-34-92(88)96(94)64-80/h5-64H,1-4H3.